The van der Waals surface area contributed by atoms with Gasteiger partial charge < -0.3 is 0 Å². The molecule has 2 atom stereocenters. The van der Waals surface area contributed by atoms with Crippen LogP contribution in [0.25, 0.3) is 0 Å². The molecular formula is C15H34IP. The molecule has 0 saturated heterocycles. The normalized spacial score (nSPS) is 13.2. The second-order valence-corrected chi connectivity index (χ2v) is 6.63. The lowest BCUT2D eigenvalue weighted by Gasteiger charge is -2.36. The highest BCUT2D eigenvalue weighted by atomic mass is 127. The van der Waals surface area contributed by atoms with Gasteiger partial charge in [-0.25, -0.2) is 0 Å². The van der Waals surface area contributed by atoms with Gasteiger partial charge in [-0.3, -0.25) is 0 Å². The fourth-order valence-corrected chi connectivity index (χ4v) is 3.00. The van der Waals surface area contributed by atoms with Crippen LogP contribution in [0.4, 0.5) is 0 Å². The van der Waals surface area contributed by atoms with Crippen LogP contribution in [0.15, 0.2) is 0 Å². The minimum absolute atomic E-state index is 0. The van der Waals surface area contributed by atoms with Gasteiger partial charge in [0.15, 0.2) is 0 Å². The fourth-order valence-electron chi connectivity index (χ4n) is 2.43. The van der Waals surface area contributed by atoms with E-state index in [4.69, 9.17) is 0 Å². The van der Waals surface area contributed by atoms with Gasteiger partial charge in [-0.05, 0) is 30.3 Å². The summed E-state index contributed by atoms with van der Waals surface area (Å²) in [5.41, 5.74) is 0. The highest BCUT2D eigenvalue weighted by Crippen LogP contribution is 2.40. The van der Waals surface area contributed by atoms with Gasteiger partial charge >= 0.3 is 0 Å². The van der Waals surface area contributed by atoms with Crippen molar-refractivity contribution in [3.05, 3.63) is 0 Å². The topological polar surface area (TPSA) is 0 Å². The van der Waals surface area contributed by atoms with E-state index in [1.165, 1.54) is 57.8 Å². The summed E-state index contributed by atoms with van der Waals surface area (Å²) in [7, 11) is 3.23. The Hall–Kier alpha value is 1.16. The van der Waals surface area contributed by atoms with E-state index in [2.05, 4.69) is 36.9 Å². The molecule has 0 aliphatic heterocycles. The maximum Gasteiger partial charge on any atom is -0.0125 e. The van der Waals surface area contributed by atoms with E-state index in [9.17, 15) is 0 Å². The van der Waals surface area contributed by atoms with E-state index in [0.29, 0.717) is 5.16 Å². The molecule has 0 aromatic rings. The Bertz CT molecular complexity index is 151. The van der Waals surface area contributed by atoms with E-state index < -0.39 is 0 Å². The van der Waals surface area contributed by atoms with E-state index in [1.54, 1.807) is 0 Å². The van der Waals surface area contributed by atoms with Crippen LogP contribution in [-0.4, -0.2) is 5.16 Å². The van der Waals surface area contributed by atoms with E-state index in [1.807, 2.05) is 0 Å². The molecule has 2 heteroatoms. The number of unbranched alkanes of at least 4 members (excludes halogenated alkanes) is 3. The zero-order valence-corrected chi connectivity index (χ0v) is 15.9. The molecule has 0 nitrogen and oxygen atoms in total. The van der Waals surface area contributed by atoms with Gasteiger partial charge in [0.05, 0.1) is 0 Å². The van der Waals surface area contributed by atoms with Crippen molar-refractivity contribution in [3.8, 4) is 0 Å². The molecule has 0 aromatic carbocycles. The van der Waals surface area contributed by atoms with Gasteiger partial charge in [0.25, 0.3) is 0 Å². The summed E-state index contributed by atoms with van der Waals surface area (Å²) < 4.78 is 0. The van der Waals surface area contributed by atoms with Gasteiger partial charge in [0.2, 0.25) is 0 Å². The minimum atomic E-state index is 0. The Labute approximate surface area is 129 Å². The SMILES string of the molecule is CCCCC(C)C(P)(CCCC)CCCC.I. The predicted molar refractivity (Wildman–Crippen MR) is 95.6 cm³/mol. The lowest BCUT2D eigenvalue weighted by molar-refractivity contribution is 0.319. The molecule has 0 amide bonds. The minimum Gasteiger partial charge on any atom is -0.131 e. The third-order valence-corrected chi connectivity index (χ3v) is 5.11. The molecule has 0 bridgehead atoms. The van der Waals surface area contributed by atoms with Crippen LogP contribution in [0.2, 0.25) is 0 Å². The van der Waals surface area contributed by atoms with Crippen molar-refractivity contribution in [1.29, 1.82) is 0 Å². The maximum atomic E-state index is 3.23. The Kier molecular flexibility index (Phi) is 14.7. The average Bonchev–Trinajstić information content (AvgIpc) is 2.30. The summed E-state index contributed by atoms with van der Waals surface area (Å²) >= 11 is 0. The summed E-state index contributed by atoms with van der Waals surface area (Å²) in [4.78, 5) is 0. The van der Waals surface area contributed by atoms with Gasteiger partial charge in [-0.15, -0.1) is 33.2 Å². The van der Waals surface area contributed by atoms with E-state index >= 15 is 0 Å². The first-order valence-electron chi connectivity index (χ1n) is 7.39. The molecule has 0 aromatic heterocycles. The van der Waals surface area contributed by atoms with E-state index in [-0.39, 0.29) is 24.0 Å². The van der Waals surface area contributed by atoms with Crippen molar-refractivity contribution in [2.24, 2.45) is 5.92 Å². The number of hydrogen-bond donors (Lipinski definition) is 0. The third-order valence-electron chi connectivity index (χ3n) is 3.96. The van der Waals surface area contributed by atoms with Crippen molar-refractivity contribution < 1.29 is 0 Å². The van der Waals surface area contributed by atoms with Crippen molar-refractivity contribution >= 4 is 33.2 Å². The van der Waals surface area contributed by atoms with Crippen LogP contribution in [0.3, 0.4) is 0 Å². The summed E-state index contributed by atoms with van der Waals surface area (Å²) in [5, 5.41) is 0.529. The van der Waals surface area contributed by atoms with Crippen molar-refractivity contribution in [3.63, 3.8) is 0 Å². The van der Waals surface area contributed by atoms with Crippen molar-refractivity contribution in [2.45, 2.75) is 90.6 Å². The maximum absolute atomic E-state index is 3.23. The molecule has 17 heavy (non-hydrogen) atoms. The van der Waals surface area contributed by atoms with Crippen LogP contribution in [-0.2, 0) is 0 Å². The molecule has 0 rings (SSSR count). The zero-order valence-electron chi connectivity index (χ0n) is 12.4. The Balaban J connectivity index is 0. The standard InChI is InChI=1S/C15H33P.HI/c1-5-8-11-14(4)15(16,12-9-6-2)13-10-7-3;/h14H,5-13,16H2,1-4H3;1H. The van der Waals surface area contributed by atoms with Crippen LogP contribution < -0.4 is 0 Å². The average molecular weight is 372 g/mol. The molecule has 0 radical (unpaired) electrons. The molecule has 0 aliphatic carbocycles. The first-order chi connectivity index (χ1) is 7.60. The summed E-state index contributed by atoms with van der Waals surface area (Å²) in [6.07, 6.45) is 12.4. The van der Waals surface area contributed by atoms with Crippen LogP contribution in [0.5, 0.6) is 0 Å². The van der Waals surface area contributed by atoms with Gasteiger partial charge in [-0.1, -0.05) is 66.2 Å². The molecule has 0 N–H and O–H groups in total. The first-order valence-corrected chi connectivity index (χ1v) is 7.97. The number of halogens is 1. The van der Waals surface area contributed by atoms with Gasteiger partial charge in [-0.2, -0.15) is 0 Å². The predicted octanol–water partition coefficient (Wildman–Crippen LogP) is 6.43. The zero-order chi connectivity index (χ0) is 12.4. The largest absolute Gasteiger partial charge is 0.131 e. The second-order valence-electron chi connectivity index (χ2n) is 5.48. The molecule has 0 fully saturated rings. The smallest absolute Gasteiger partial charge is 0.0125 e. The second kappa shape index (κ2) is 12.2. The van der Waals surface area contributed by atoms with Crippen LogP contribution in [0, 0.1) is 5.92 Å². The molecule has 0 saturated carbocycles. The van der Waals surface area contributed by atoms with Crippen LogP contribution in [0.1, 0.15) is 85.5 Å². The lowest BCUT2D eigenvalue weighted by Crippen LogP contribution is -2.29. The highest BCUT2D eigenvalue weighted by molar-refractivity contribution is 14.0. The summed E-state index contributed by atoms with van der Waals surface area (Å²) in [6.45, 7) is 9.38. The van der Waals surface area contributed by atoms with Crippen LogP contribution >= 0.6 is 33.2 Å². The summed E-state index contributed by atoms with van der Waals surface area (Å²) in [5.74, 6) is 0.871. The molecule has 0 heterocycles. The highest BCUT2D eigenvalue weighted by Gasteiger charge is 2.29. The number of hydrogen-bond acceptors (Lipinski definition) is 0. The molecule has 2 unspecified atom stereocenters. The Morgan fingerprint density at radius 1 is 0.882 bits per heavy atom. The monoisotopic (exact) mass is 372 g/mol. The third kappa shape index (κ3) is 8.81. The Morgan fingerprint density at radius 3 is 1.65 bits per heavy atom. The van der Waals surface area contributed by atoms with Gasteiger partial charge in [0, 0.05) is 0 Å². The molecule has 0 aliphatic rings. The molecule has 0 spiro atoms. The van der Waals surface area contributed by atoms with Crippen molar-refractivity contribution in [1.82, 2.24) is 0 Å². The number of rotatable bonds is 10. The lowest BCUT2D eigenvalue weighted by atomic mass is 9.81. The van der Waals surface area contributed by atoms with Gasteiger partial charge in [0.1, 0.15) is 0 Å². The van der Waals surface area contributed by atoms with Crippen molar-refractivity contribution in [2.75, 3.05) is 0 Å². The Morgan fingerprint density at radius 2 is 1.29 bits per heavy atom. The summed E-state index contributed by atoms with van der Waals surface area (Å²) in [6, 6.07) is 0. The quantitative estimate of drug-likeness (QED) is 0.306. The fraction of sp³-hybridized carbons (Fsp3) is 1.00. The van der Waals surface area contributed by atoms with E-state index in [0.717, 1.165) is 5.92 Å². The molecule has 106 valence electrons. The first kappa shape index (κ1) is 20.5. The molecular weight excluding hydrogens is 338 g/mol.